The number of nitrogens with zero attached hydrogens (tertiary/aromatic N) is 1. The minimum absolute atomic E-state index is 0.107. The van der Waals surface area contributed by atoms with E-state index in [0.29, 0.717) is 16.7 Å². The number of benzene rings is 2. The standard InChI is InChI=1S/C20H20FNO3/c21-18-10-2-1-6-16(18)13-22(17-8-4-9-17)20(25)15-7-3-5-14(11-15)12-19(23)24/h1-3,5-7,10-11,17H,4,8-9,12-13H2,(H,23,24). The highest BCUT2D eigenvalue weighted by Gasteiger charge is 2.30. The summed E-state index contributed by atoms with van der Waals surface area (Å²) in [6.45, 7) is 0.222. The van der Waals surface area contributed by atoms with Crippen LogP contribution in [0.4, 0.5) is 4.39 Å². The number of carbonyl (C=O) groups is 2. The van der Waals surface area contributed by atoms with Gasteiger partial charge in [0.25, 0.3) is 5.91 Å². The van der Waals surface area contributed by atoms with Crippen molar-refractivity contribution in [2.75, 3.05) is 0 Å². The van der Waals surface area contributed by atoms with E-state index in [2.05, 4.69) is 0 Å². The van der Waals surface area contributed by atoms with Crippen molar-refractivity contribution in [3.05, 3.63) is 71.0 Å². The molecule has 0 atom stereocenters. The second kappa shape index (κ2) is 7.47. The first kappa shape index (κ1) is 17.1. The summed E-state index contributed by atoms with van der Waals surface area (Å²) in [5.74, 6) is -1.44. The minimum atomic E-state index is -0.938. The SMILES string of the molecule is O=C(O)Cc1cccc(C(=O)N(Cc2ccccc2F)C2CCC2)c1. The van der Waals surface area contributed by atoms with Crippen LogP contribution >= 0.6 is 0 Å². The third-order valence-corrected chi connectivity index (χ3v) is 4.60. The van der Waals surface area contributed by atoms with Crippen molar-refractivity contribution in [3.63, 3.8) is 0 Å². The zero-order valence-corrected chi connectivity index (χ0v) is 13.8. The fourth-order valence-electron chi connectivity index (χ4n) is 3.03. The van der Waals surface area contributed by atoms with Gasteiger partial charge in [-0.05, 0) is 43.0 Å². The van der Waals surface area contributed by atoms with Crippen LogP contribution in [0, 0.1) is 5.82 Å². The maximum atomic E-state index is 14.0. The van der Waals surface area contributed by atoms with Crippen molar-refractivity contribution in [1.29, 1.82) is 0 Å². The highest BCUT2D eigenvalue weighted by molar-refractivity contribution is 5.94. The number of carbonyl (C=O) groups excluding carboxylic acids is 1. The molecule has 4 nitrogen and oxygen atoms in total. The maximum absolute atomic E-state index is 14.0. The van der Waals surface area contributed by atoms with E-state index in [1.54, 1.807) is 47.4 Å². The number of halogens is 1. The van der Waals surface area contributed by atoms with Gasteiger partial charge in [-0.1, -0.05) is 30.3 Å². The monoisotopic (exact) mass is 341 g/mol. The zero-order valence-electron chi connectivity index (χ0n) is 13.8. The molecule has 3 rings (SSSR count). The maximum Gasteiger partial charge on any atom is 0.307 e. The Hall–Kier alpha value is -2.69. The Kier molecular flexibility index (Phi) is 5.12. The third kappa shape index (κ3) is 4.05. The molecule has 2 aromatic rings. The van der Waals surface area contributed by atoms with Gasteiger partial charge in [-0.25, -0.2) is 4.39 Å². The summed E-state index contributed by atoms with van der Waals surface area (Å²) in [5, 5.41) is 8.93. The molecule has 1 aliphatic carbocycles. The molecule has 0 heterocycles. The molecular formula is C20H20FNO3. The molecule has 0 bridgehead atoms. The Labute approximate surface area is 145 Å². The van der Waals surface area contributed by atoms with Crippen LogP contribution in [0.15, 0.2) is 48.5 Å². The quantitative estimate of drug-likeness (QED) is 0.872. The summed E-state index contributed by atoms with van der Waals surface area (Å²) in [4.78, 5) is 25.6. The fourth-order valence-corrected chi connectivity index (χ4v) is 3.03. The van der Waals surface area contributed by atoms with Crippen molar-refractivity contribution < 1.29 is 19.1 Å². The number of carboxylic acid groups (broad SMARTS) is 1. The van der Waals surface area contributed by atoms with Crippen LogP contribution in [0.25, 0.3) is 0 Å². The lowest BCUT2D eigenvalue weighted by Gasteiger charge is -2.38. The van der Waals surface area contributed by atoms with Crippen molar-refractivity contribution in [2.45, 2.75) is 38.3 Å². The van der Waals surface area contributed by atoms with Crippen molar-refractivity contribution in [1.82, 2.24) is 4.90 Å². The molecule has 0 aliphatic heterocycles. The molecule has 0 spiro atoms. The molecule has 25 heavy (non-hydrogen) atoms. The fraction of sp³-hybridized carbons (Fsp3) is 0.300. The summed E-state index contributed by atoms with van der Waals surface area (Å²) in [5.41, 5.74) is 1.52. The Morgan fingerprint density at radius 1 is 1.12 bits per heavy atom. The van der Waals surface area contributed by atoms with Crippen LogP contribution in [0.1, 0.15) is 40.7 Å². The van der Waals surface area contributed by atoms with Gasteiger partial charge in [-0.15, -0.1) is 0 Å². The van der Waals surface area contributed by atoms with Gasteiger partial charge in [-0.2, -0.15) is 0 Å². The minimum Gasteiger partial charge on any atom is -0.481 e. The lowest BCUT2D eigenvalue weighted by atomic mass is 9.90. The van der Waals surface area contributed by atoms with E-state index in [4.69, 9.17) is 5.11 Å². The van der Waals surface area contributed by atoms with E-state index in [0.717, 1.165) is 19.3 Å². The summed E-state index contributed by atoms with van der Waals surface area (Å²) in [7, 11) is 0. The number of amides is 1. The van der Waals surface area contributed by atoms with Crippen LogP contribution in [0.2, 0.25) is 0 Å². The molecule has 1 saturated carbocycles. The second-order valence-electron chi connectivity index (χ2n) is 6.38. The molecule has 1 amide bonds. The average molecular weight is 341 g/mol. The predicted molar refractivity (Wildman–Crippen MR) is 91.7 cm³/mol. The van der Waals surface area contributed by atoms with Gasteiger partial charge >= 0.3 is 5.97 Å². The first-order valence-electron chi connectivity index (χ1n) is 8.39. The van der Waals surface area contributed by atoms with Gasteiger partial charge in [0.1, 0.15) is 5.82 Å². The zero-order chi connectivity index (χ0) is 17.8. The van der Waals surface area contributed by atoms with Crippen LogP contribution in [0.5, 0.6) is 0 Å². The second-order valence-corrected chi connectivity index (χ2v) is 6.38. The van der Waals surface area contributed by atoms with Gasteiger partial charge in [0.05, 0.1) is 6.42 Å². The molecule has 0 radical (unpaired) electrons. The van der Waals surface area contributed by atoms with E-state index in [1.165, 1.54) is 6.07 Å². The lowest BCUT2D eigenvalue weighted by Crippen LogP contribution is -2.43. The van der Waals surface area contributed by atoms with E-state index < -0.39 is 5.97 Å². The Bertz CT molecular complexity index is 786. The molecule has 0 unspecified atom stereocenters. The lowest BCUT2D eigenvalue weighted by molar-refractivity contribution is -0.136. The van der Waals surface area contributed by atoms with Crippen molar-refractivity contribution >= 4 is 11.9 Å². The van der Waals surface area contributed by atoms with Crippen LogP contribution < -0.4 is 0 Å². The largest absolute Gasteiger partial charge is 0.481 e. The number of hydrogen-bond donors (Lipinski definition) is 1. The average Bonchev–Trinajstić information content (AvgIpc) is 2.53. The molecule has 1 N–H and O–H groups in total. The number of hydrogen-bond acceptors (Lipinski definition) is 2. The molecule has 1 fully saturated rings. The molecule has 2 aromatic carbocycles. The highest BCUT2D eigenvalue weighted by Crippen LogP contribution is 2.28. The first-order valence-corrected chi connectivity index (χ1v) is 8.39. The number of carboxylic acids is 1. The highest BCUT2D eigenvalue weighted by atomic mass is 19.1. The van der Waals surface area contributed by atoms with Crippen LogP contribution in [-0.2, 0) is 17.8 Å². The Morgan fingerprint density at radius 2 is 1.88 bits per heavy atom. The van der Waals surface area contributed by atoms with Gasteiger partial charge in [0, 0.05) is 23.7 Å². The van der Waals surface area contributed by atoms with Gasteiger partial charge in [0.15, 0.2) is 0 Å². The summed E-state index contributed by atoms with van der Waals surface area (Å²) >= 11 is 0. The molecular weight excluding hydrogens is 321 g/mol. The molecule has 1 aliphatic rings. The van der Waals surface area contributed by atoms with E-state index in [9.17, 15) is 14.0 Å². The van der Waals surface area contributed by atoms with Crippen molar-refractivity contribution in [2.24, 2.45) is 0 Å². The van der Waals surface area contributed by atoms with E-state index in [1.807, 2.05) is 0 Å². The molecule has 0 aromatic heterocycles. The topological polar surface area (TPSA) is 57.6 Å². The van der Waals surface area contributed by atoms with Crippen molar-refractivity contribution in [3.8, 4) is 0 Å². The van der Waals surface area contributed by atoms with Gasteiger partial charge in [0.2, 0.25) is 0 Å². The number of aliphatic carboxylic acids is 1. The van der Waals surface area contributed by atoms with E-state index in [-0.39, 0.29) is 30.7 Å². The molecule has 5 heteroatoms. The van der Waals surface area contributed by atoms with Gasteiger partial charge in [-0.3, -0.25) is 9.59 Å². The first-order chi connectivity index (χ1) is 12.0. The summed E-state index contributed by atoms with van der Waals surface area (Å²) in [6.07, 6.45) is 2.76. The smallest absolute Gasteiger partial charge is 0.307 e. The molecule has 0 saturated heterocycles. The molecule has 130 valence electrons. The summed E-state index contributed by atoms with van der Waals surface area (Å²) < 4.78 is 14.0. The van der Waals surface area contributed by atoms with Crippen LogP contribution in [-0.4, -0.2) is 27.9 Å². The number of rotatable bonds is 6. The van der Waals surface area contributed by atoms with Gasteiger partial charge < -0.3 is 10.0 Å². The Morgan fingerprint density at radius 3 is 2.52 bits per heavy atom. The van der Waals surface area contributed by atoms with E-state index >= 15 is 0 Å². The van der Waals surface area contributed by atoms with Crippen LogP contribution in [0.3, 0.4) is 0 Å². The third-order valence-electron chi connectivity index (χ3n) is 4.60. The predicted octanol–water partition coefficient (Wildman–Crippen LogP) is 3.65. The Balaban J connectivity index is 1.85. The summed E-state index contributed by atoms with van der Waals surface area (Å²) in [6, 6.07) is 13.3. The normalized spacial score (nSPS) is 14.0.